The summed E-state index contributed by atoms with van der Waals surface area (Å²) in [6.07, 6.45) is -1.55. The Labute approximate surface area is 160 Å². The van der Waals surface area contributed by atoms with Crippen molar-refractivity contribution in [3.63, 3.8) is 0 Å². The molecule has 0 spiro atoms. The summed E-state index contributed by atoms with van der Waals surface area (Å²) >= 11 is 0. The van der Waals surface area contributed by atoms with Gasteiger partial charge in [0.15, 0.2) is 0 Å². The number of hydrogen-bond acceptors (Lipinski definition) is 6. The topological polar surface area (TPSA) is 105 Å². The first-order valence-electron chi connectivity index (χ1n) is 9.00. The molecular formula is C21H29NO5. The van der Waals surface area contributed by atoms with E-state index >= 15 is 0 Å². The maximum atomic E-state index is 9.47. The van der Waals surface area contributed by atoms with E-state index in [0.29, 0.717) is 11.5 Å². The minimum absolute atomic E-state index is 0.0551. The molecule has 0 aliphatic rings. The quantitative estimate of drug-likeness (QED) is 0.501. The third-order valence-electron chi connectivity index (χ3n) is 4.52. The van der Waals surface area contributed by atoms with Gasteiger partial charge >= 0.3 is 0 Å². The Morgan fingerprint density at radius 3 is 1.59 bits per heavy atom. The molecule has 27 heavy (non-hydrogen) atoms. The lowest BCUT2D eigenvalue weighted by Crippen LogP contribution is -2.26. The molecule has 2 aromatic rings. The van der Waals surface area contributed by atoms with Crippen LogP contribution in [0.2, 0.25) is 0 Å². The molecule has 0 aromatic heterocycles. The molecule has 0 radical (unpaired) electrons. The lowest BCUT2D eigenvalue weighted by atomic mass is 9.78. The van der Waals surface area contributed by atoms with E-state index in [1.807, 2.05) is 48.5 Å². The molecule has 6 nitrogen and oxygen atoms in total. The highest BCUT2D eigenvalue weighted by molar-refractivity contribution is 5.41. The van der Waals surface area contributed by atoms with E-state index in [1.165, 1.54) is 0 Å². The van der Waals surface area contributed by atoms with Gasteiger partial charge in [-0.25, -0.2) is 0 Å². The van der Waals surface area contributed by atoms with E-state index in [9.17, 15) is 10.2 Å². The lowest BCUT2D eigenvalue weighted by molar-refractivity contribution is 0.0536. The SMILES string of the molecule is CC(C)(c1ccc(OCC(O)CN)cc1)c1ccc(OCC(O)CO)cc1. The van der Waals surface area contributed by atoms with Crippen molar-refractivity contribution in [1.29, 1.82) is 0 Å². The Hall–Kier alpha value is -2.12. The second kappa shape index (κ2) is 9.71. The van der Waals surface area contributed by atoms with E-state index < -0.39 is 12.2 Å². The number of aliphatic hydroxyl groups is 3. The molecule has 0 fully saturated rings. The molecule has 148 valence electrons. The summed E-state index contributed by atoms with van der Waals surface area (Å²) in [5.74, 6) is 1.33. The first-order chi connectivity index (χ1) is 12.9. The third-order valence-corrected chi connectivity index (χ3v) is 4.52. The molecule has 0 aliphatic heterocycles. The van der Waals surface area contributed by atoms with Crippen molar-refractivity contribution in [3.05, 3.63) is 59.7 Å². The standard InChI is InChI=1S/C21H29NO5/c1-21(2,15-3-7-19(8-4-15)26-13-17(24)11-22)16-5-9-20(10-6-16)27-14-18(25)12-23/h3-10,17-18,23-25H,11-14,22H2,1-2H3. The van der Waals surface area contributed by atoms with E-state index in [2.05, 4.69) is 13.8 Å². The minimum atomic E-state index is -0.882. The number of hydrogen-bond donors (Lipinski definition) is 4. The first-order valence-corrected chi connectivity index (χ1v) is 9.00. The fraction of sp³-hybridized carbons (Fsp3) is 0.429. The highest BCUT2D eigenvalue weighted by Crippen LogP contribution is 2.33. The van der Waals surface area contributed by atoms with E-state index in [1.54, 1.807) is 0 Å². The smallest absolute Gasteiger partial charge is 0.119 e. The summed E-state index contributed by atoms with van der Waals surface area (Å²) in [5.41, 5.74) is 7.39. The Morgan fingerprint density at radius 1 is 0.815 bits per heavy atom. The molecule has 0 aliphatic carbocycles. The van der Waals surface area contributed by atoms with Gasteiger partial charge < -0.3 is 30.5 Å². The minimum Gasteiger partial charge on any atom is -0.491 e. The maximum Gasteiger partial charge on any atom is 0.119 e. The molecule has 0 bridgehead atoms. The van der Waals surface area contributed by atoms with Crippen molar-refractivity contribution in [2.75, 3.05) is 26.4 Å². The van der Waals surface area contributed by atoms with Crippen LogP contribution in [0.4, 0.5) is 0 Å². The summed E-state index contributed by atoms with van der Waals surface area (Å²) in [5, 5.41) is 27.6. The molecule has 2 rings (SSSR count). The molecule has 2 unspecified atom stereocenters. The molecule has 0 heterocycles. The molecular weight excluding hydrogens is 346 g/mol. The van der Waals surface area contributed by atoms with Gasteiger partial charge in [0.25, 0.3) is 0 Å². The van der Waals surface area contributed by atoms with E-state index in [4.69, 9.17) is 20.3 Å². The van der Waals surface area contributed by atoms with Crippen molar-refractivity contribution >= 4 is 0 Å². The normalized spacial score (nSPS) is 13.9. The monoisotopic (exact) mass is 375 g/mol. The lowest BCUT2D eigenvalue weighted by Gasteiger charge is -2.26. The van der Waals surface area contributed by atoms with Crippen LogP contribution in [0, 0.1) is 0 Å². The molecule has 2 aromatic carbocycles. The second-order valence-corrected chi connectivity index (χ2v) is 7.02. The molecule has 0 saturated carbocycles. The van der Waals surface area contributed by atoms with Crippen LogP contribution in [-0.2, 0) is 5.41 Å². The maximum absolute atomic E-state index is 9.47. The average Bonchev–Trinajstić information content (AvgIpc) is 2.70. The van der Waals surface area contributed by atoms with Gasteiger partial charge in [-0.1, -0.05) is 38.1 Å². The van der Waals surface area contributed by atoms with Crippen LogP contribution in [0.5, 0.6) is 11.5 Å². The van der Waals surface area contributed by atoms with Crippen molar-refractivity contribution in [1.82, 2.24) is 0 Å². The van der Waals surface area contributed by atoms with E-state index in [0.717, 1.165) is 11.1 Å². The van der Waals surface area contributed by atoms with Gasteiger partial charge in [-0.2, -0.15) is 0 Å². The van der Waals surface area contributed by atoms with Gasteiger partial charge in [0, 0.05) is 12.0 Å². The van der Waals surface area contributed by atoms with Gasteiger partial charge in [0.05, 0.1) is 6.61 Å². The van der Waals surface area contributed by atoms with Gasteiger partial charge in [-0.3, -0.25) is 0 Å². The largest absolute Gasteiger partial charge is 0.491 e. The summed E-state index contributed by atoms with van der Waals surface area (Å²) in [6.45, 7) is 4.34. The highest BCUT2D eigenvalue weighted by atomic mass is 16.5. The summed E-state index contributed by atoms with van der Waals surface area (Å²) in [7, 11) is 0. The van der Waals surface area contributed by atoms with Crippen LogP contribution >= 0.6 is 0 Å². The Morgan fingerprint density at radius 2 is 1.22 bits per heavy atom. The zero-order chi connectivity index (χ0) is 19.9. The molecule has 6 heteroatoms. The number of aliphatic hydroxyl groups excluding tert-OH is 3. The van der Waals surface area contributed by atoms with Gasteiger partial charge in [-0.15, -0.1) is 0 Å². The number of ether oxygens (including phenoxy) is 2. The van der Waals surface area contributed by atoms with Crippen molar-refractivity contribution in [2.24, 2.45) is 5.73 Å². The van der Waals surface area contributed by atoms with Gasteiger partial charge in [0.1, 0.15) is 36.9 Å². The fourth-order valence-corrected chi connectivity index (χ4v) is 2.61. The Bertz CT molecular complexity index is 625. The van der Waals surface area contributed by atoms with Gasteiger partial charge in [-0.05, 0) is 35.4 Å². The van der Waals surface area contributed by atoms with Crippen molar-refractivity contribution < 1.29 is 24.8 Å². The van der Waals surface area contributed by atoms with Crippen LogP contribution in [0.1, 0.15) is 25.0 Å². The second-order valence-electron chi connectivity index (χ2n) is 7.02. The number of nitrogens with two attached hydrogens (primary N) is 1. The average molecular weight is 375 g/mol. The predicted molar refractivity (Wildman–Crippen MR) is 104 cm³/mol. The van der Waals surface area contributed by atoms with Gasteiger partial charge in [0.2, 0.25) is 0 Å². The summed E-state index contributed by atoms with van der Waals surface area (Å²) in [6, 6.07) is 15.5. The molecule has 2 atom stereocenters. The first kappa shape index (κ1) is 21.2. The molecule has 0 saturated heterocycles. The summed E-state index contributed by atoms with van der Waals surface area (Å²) < 4.78 is 11.0. The van der Waals surface area contributed by atoms with E-state index in [-0.39, 0.29) is 31.8 Å². The molecule has 0 amide bonds. The Kier molecular flexibility index (Phi) is 7.62. The van der Waals surface area contributed by atoms with Crippen LogP contribution in [0.15, 0.2) is 48.5 Å². The van der Waals surface area contributed by atoms with Crippen LogP contribution in [0.25, 0.3) is 0 Å². The number of rotatable bonds is 10. The summed E-state index contributed by atoms with van der Waals surface area (Å²) in [4.78, 5) is 0. The molecule has 5 N–H and O–H groups in total. The van der Waals surface area contributed by atoms with Crippen LogP contribution in [-0.4, -0.2) is 53.9 Å². The zero-order valence-electron chi connectivity index (χ0n) is 15.8. The fourth-order valence-electron chi connectivity index (χ4n) is 2.61. The van der Waals surface area contributed by atoms with Crippen LogP contribution < -0.4 is 15.2 Å². The van der Waals surface area contributed by atoms with Crippen molar-refractivity contribution in [3.8, 4) is 11.5 Å². The number of benzene rings is 2. The third kappa shape index (κ3) is 5.94. The zero-order valence-corrected chi connectivity index (χ0v) is 15.8. The van der Waals surface area contributed by atoms with Crippen LogP contribution in [0.3, 0.4) is 0 Å². The van der Waals surface area contributed by atoms with Crippen molar-refractivity contribution in [2.45, 2.75) is 31.5 Å². The predicted octanol–water partition coefficient (Wildman–Crippen LogP) is 1.44. The Balaban J connectivity index is 2.04. The highest BCUT2D eigenvalue weighted by Gasteiger charge is 2.23.